The van der Waals surface area contributed by atoms with Crippen molar-refractivity contribution in [2.75, 3.05) is 24.5 Å². The Morgan fingerprint density at radius 2 is 1.67 bits per heavy atom. The van der Waals surface area contributed by atoms with Gasteiger partial charge in [-0.2, -0.15) is 13.2 Å². The molecule has 1 saturated heterocycles. The molecule has 0 atom stereocenters. The van der Waals surface area contributed by atoms with Gasteiger partial charge in [-0.1, -0.05) is 48.0 Å². The number of aliphatic carboxylic acids is 1. The van der Waals surface area contributed by atoms with Crippen LogP contribution in [0.25, 0.3) is 0 Å². The molecule has 146 valence electrons. The summed E-state index contributed by atoms with van der Waals surface area (Å²) in [4.78, 5) is 11.3. The summed E-state index contributed by atoms with van der Waals surface area (Å²) < 4.78 is 31.7. The standard InChI is InChI=1S/C17H19ClN2.C2HF3O2/c18-17-9-5-4-6-15(17)13-20(12-14-10-19-11-14)16-7-2-1-3-8-16;3-2(4,5)1(6)7/h1-9,14,19H,10-13H2;(H,6,7). The molecule has 0 saturated carbocycles. The largest absolute Gasteiger partial charge is 0.490 e. The molecule has 27 heavy (non-hydrogen) atoms. The van der Waals surface area contributed by atoms with Gasteiger partial charge in [0.05, 0.1) is 0 Å². The van der Waals surface area contributed by atoms with Gasteiger partial charge in [0.25, 0.3) is 0 Å². The lowest BCUT2D eigenvalue weighted by Crippen LogP contribution is -2.48. The molecule has 1 aliphatic rings. The molecule has 0 amide bonds. The maximum absolute atomic E-state index is 10.6. The monoisotopic (exact) mass is 400 g/mol. The first-order valence-corrected chi connectivity index (χ1v) is 8.69. The third-order valence-electron chi connectivity index (χ3n) is 4.03. The molecule has 0 unspecified atom stereocenters. The van der Waals surface area contributed by atoms with Gasteiger partial charge in [0, 0.05) is 42.8 Å². The van der Waals surface area contributed by atoms with E-state index in [0.29, 0.717) is 0 Å². The van der Waals surface area contributed by atoms with Crippen molar-refractivity contribution in [1.29, 1.82) is 0 Å². The van der Waals surface area contributed by atoms with E-state index in [4.69, 9.17) is 21.5 Å². The summed E-state index contributed by atoms with van der Waals surface area (Å²) in [5.74, 6) is -2.02. The molecule has 1 heterocycles. The summed E-state index contributed by atoms with van der Waals surface area (Å²) in [5.41, 5.74) is 2.45. The molecule has 2 aromatic carbocycles. The molecular formula is C19H20ClF3N2O2. The Morgan fingerprint density at radius 3 is 2.15 bits per heavy atom. The van der Waals surface area contributed by atoms with Crippen LogP contribution < -0.4 is 10.2 Å². The Hall–Kier alpha value is -2.25. The van der Waals surface area contributed by atoms with Gasteiger partial charge in [0.1, 0.15) is 0 Å². The van der Waals surface area contributed by atoms with E-state index in [1.807, 2.05) is 12.1 Å². The van der Waals surface area contributed by atoms with E-state index in [1.165, 1.54) is 11.3 Å². The van der Waals surface area contributed by atoms with E-state index in [1.54, 1.807) is 0 Å². The molecule has 1 aliphatic heterocycles. The van der Waals surface area contributed by atoms with Crippen molar-refractivity contribution in [1.82, 2.24) is 5.32 Å². The fourth-order valence-electron chi connectivity index (χ4n) is 2.52. The van der Waals surface area contributed by atoms with Crippen molar-refractivity contribution in [2.24, 2.45) is 5.92 Å². The SMILES string of the molecule is Clc1ccccc1CN(CC1CNC1)c1ccccc1.O=C(O)C(F)(F)F. The highest BCUT2D eigenvalue weighted by molar-refractivity contribution is 6.31. The van der Waals surface area contributed by atoms with E-state index in [9.17, 15) is 13.2 Å². The lowest BCUT2D eigenvalue weighted by molar-refractivity contribution is -0.192. The second-order valence-electron chi connectivity index (χ2n) is 6.13. The molecule has 4 nitrogen and oxygen atoms in total. The maximum atomic E-state index is 10.6. The Morgan fingerprint density at radius 1 is 1.11 bits per heavy atom. The predicted octanol–water partition coefficient (Wildman–Crippen LogP) is 4.20. The number of alkyl halides is 3. The Kier molecular flexibility index (Phi) is 7.50. The van der Waals surface area contributed by atoms with Crippen LogP contribution in [-0.4, -0.2) is 36.9 Å². The Bertz CT molecular complexity index is 737. The van der Waals surface area contributed by atoms with Gasteiger partial charge in [-0.15, -0.1) is 0 Å². The molecule has 0 bridgehead atoms. The summed E-state index contributed by atoms with van der Waals surface area (Å²) in [7, 11) is 0. The number of hydrogen-bond donors (Lipinski definition) is 2. The first-order valence-electron chi connectivity index (χ1n) is 8.31. The number of nitrogens with zero attached hydrogens (tertiary/aromatic N) is 1. The number of nitrogens with one attached hydrogen (secondary N) is 1. The maximum Gasteiger partial charge on any atom is 0.490 e. The highest BCUT2D eigenvalue weighted by atomic mass is 35.5. The number of anilines is 1. The minimum absolute atomic E-state index is 0.734. The van der Waals surface area contributed by atoms with Gasteiger partial charge < -0.3 is 15.3 Å². The average Bonchev–Trinajstić information content (AvgIpc) is 2.59. The minimum Gasteiger partial charge on any atom is -0.475 e. The molecule has 3 rings (SSSR count). The fourth-order valence-corrected chi connectivity index (χ4v) is 2.72. The summed E-state index contributed by atoms with van der Waals surface area (Å²) in [6.45, 7) is 4.17. The second kappa shape index (κ2) is 9.62. The number of carboxylic acid groups (broad SMARTS) is 1. The zero-order valence-corrected chi connectivity index (χ0v) is 15.2. The molecular weight excluding hydrogens is 381 g/mol. The van der Waals surface area contributed by atoms with Gasteiger partial charge in [-0.25, -0.2) is 4.79 Å². The van der Waals surface area contributed by atoms with Gasteiger partial charge in [-0.3, -0.25) is 0 Å². The van der Waals surface area contributed by atoms with Crippen molar-refractivity contribution in [3.8, 4) is 0 Å². The zero-order valence-electron chi connectivity index (χ0n) is 14.4. The Labute approximate surface area is 160 Å². The molecule has 8 heteroatoms. The lowest BCUT2D eigenvalue weighted by Gasteiger charge is -2.34. The molecule has 0 radical (unpaired) electrons. The molecule has 2 aromatic rings. The first-order chi connectivity index (χ1) is 12.8. The van der Waals surface area contributed by atoms with Crippen LogP contribution >= 0.6 is 11.6 Å². The summed E-state index contributed by atoms with van der Waals surface area (Å²) in [6, 6.07) is 18.7. The van der Waals surface area contributed by atoms with Crippen molar-refractivity contribution in [2.45, 2.75) is 12.7 Å². The smallest absolute Gasteiger partial charge is 0.475 e. The van der Waals surface area contributed by atoms with E-state index in [2.05, 4.69) is 52.7 Å². The molecule has 1 fully saturated rings. The van der Waals surface area contributed by atoms with Crippen molar-refractivity contribution >= 4 is 23.3 Å². The van der Waals surface area contributed by atoms with Gasteiger partial charge in [0.2, 0.25) is 0 Å². The van der Waals surface area contributed by atoms with Crippen LogP contribution in [-0.2, 0) is 11.3 Å². The molecule has 0 aromatic heterocycles. The van der Waals surface area contributed by atoms with Crippen molar-refractivity contribution < 1.29 is 23.1 Å². The number of hydrogen-bond acceptors (Lipinski definition) is 3. The molecule has 0 spiro atoms. The zero-order chi connectivity index (χ0) is 19.9. The third-order valence-corrected chi connectivity index (χ3v) is 4.40. The van der Waals surface area contributed by atoms with Crippen LogP contribution in [0.5, 0.6) is 0 Å². The highest BCUT2D eigenvalue weighted by Gasteiger charge is 2.38. The van der Waals surface area contributed by atoms with E-state index in [0.717, 1.165) is 37.1 Å². The number of carboxylic acids is 1. The third kappa shape index (κ3) is 6.77. The van der Waals surface area contributed by atoms with Crippen LogP contribution in [0.1, 0.15) is 5.56 Å². The number of halogens is 4. The fraction of sp³-hybridized carbons (Fsp3) is 0.316. The number of carbonyl (C=O) groups is 1. The number of para-hydroxylation sites is 1. The van der Waals surface area contributed by atoms with Crippen LogP contribution in [0, 0.1) is 5.92 Å². The Balaban J connectivity index is 0.000000321. The van der Waals surface area contributed by atoms with Crippen molar-refractivity contribution in [3.63, 3.8) is 0 Å². The van der Waals surface area contributed by atoms with E-state index in [-0.39, 0.29) is 0 Å². The van der Waals surface area contributed by atoms with Gasteiger partial charge in [0.15, 0.2) is 0 Å². The van der Waals surface area contributed by atoms with Crippen LogP contribution in [0.2, 0.25) is 5.02 Å². The average molecular weight is 401 g/mol. The first kappa shape index (κ1) is 21.1. The molecule has 2 N–H and O–H groups in total. The van der Waals surface area contributed by atoms with Crippen LogP contribution in [0.4, 0.5) is 18.9 Å². The van der Waals surface area contributed by atoms with Crippen LogP contribution in [0.3, 0.4) is 0 Å². The summed E-state index contributed by atoms with van der Waals surface area (Å²) in [6.07, 6.45) is -5.08. The van der Waals surface area contributed by atoms with E-state index < -0.39 is 12.1 Å². The normalized spacial score (nSPS) is 13.9. The van der Waals surface area contributed by atoms with Gasteiger partial charge >= 0.3 is 12.1 Å². The van der Waals surface area contributed by atoms with Gasteiger partial charge in [-0.05, 0) is 23.8 Å². The van der Waals surface area contributed by atoms with Crippen LogP contribution in [0.15, 0.2) is 54.6 Å². The predicted molar refractivity (Wildman–Crippen MR) is 99.0 cm³/mol. The molecule has 0 aliphatic carbocycles. The topological polar surface area (TPSA) is 52.6 Å². The number of benzene rings is 2. The quantitative estimate of drug-likeness (QED) is 0.789. The number of rotatable bonds is 5. The van der Waals surface area contributed by atoms with Crippen molar-refractivity contribution in [3.05, 3.63) is 65.2 Å². The minimum atomic E-state index is -5.08. The lowest BCUT2D eigenvalue weighted by atomic mass is 10.0. The summed E-state index contributed by atoms with van der Waals surface area (Å²) in [5, 5.41) is 11.3. The highest BCUT2D eigenvalue weighted by Crippen LogP contribution is 2.23. The summed E-state index contributed by atoms with van der Waals surface area (Å²) >= 11 is 6.30. The van der Waals surface area contributed by atoms with E-state index >= 15 is 0 Å². The second-order valence-corrected chi connectivity index (χ2v) is 6.54.